The molecule has 0 fully saturated rings. The lowest BCUT2D eigenvalue weighted by molar-refractivity contribution is 0.201. The standard InChI is InChI=1S/C13H22N2O4S/c1-14(2)8-9-15(3)20(17,18)13-6-4-12(5-7-13)19-11-10-16/h4-7,16H,8-11H2,1-3H3. The molecule has 0 unspecified atom stereocenters. The van der Waals surface area contributed by atoms with Crippen molar-refractivity contribution in [3.8, 4) is 5.75 Å². The van der Waals surface area contributed by atoms with Gasteiger partial charge in [0, 0.05) is 20.1 Å². The van der Waals surface area contributed by atoms with Crippen LogP contribution in [0.1, 0.15) is 0 Å². The monoisotopic (exact) mass is 302 g/mol. The van der Waals surface area contributed by atoms with E-state index in [1.165, 1.54) is 16.4 Å². The second-order valence-corrected chi connectivity index (χ2v) is 6.72. The summed E-state index contributed by atoms with van der Waals surface area (Å²) in [4.78, 5) is 2.16. The van der Waals surface area contributed by atoms with Crippen molar-refractivity contribution in [2.24, 2.45) is 0 Å². The Bertz CT molecular complexity index is 500. The molecule has 6 nitrogen and oxygen atoms in total. The fourth-order valence-corrected chi connectivity index (χ4v) is 2.67. The van der Waals surface area contributed by atoms with E-state index in [1.807, 2.05) is 19.0 Å². The van der Waals surface area contributed by atoms with Crippen LogP contribution < -0.4 is 4.74 Å². The summed E-state index contributed by atoms with van der Waals surface area (Å²) < 4.78 is 31.1. The SMILES string of the molecule is CN(C)CCN(C)S(=O)(=O)c1ccc(OCCO)cc1. The van der Waals surface area contributed by atoms with Crippen LogP contribution in [0.2, 0.25) is 0 Å². The summed E-state index contributed by atoms with van der Waals surface area (Å²) in [6.45, 7) is 1.20. The van der Waals surface area contributed by atoms with Crippen LogP contribution in [0.5, 0.6) is 5.75 Å². The van der Waals surface area contributed by atoms with E-state index in [0.29, 0.717) is 18.8 Å². The number of ether oxygens (including phenoxy) is 1. The van der Waals surface area contributed by atoms with E-state index in [1.54, 1.807) is 19.2 Å². The van der Waals surface area contributed by atoms with Gasteiger partial charge in [0.2, 0.25) is 10.0 Å². The predicted octanol–water partition coefficient (Wildman–Crippen LogP) is 0.240. The van der Waals surface area contributed by atoms with Gasteiger partial charge in [0.25, 0.3) is 0 Å². The Labute approximate surface area is 120 Å². The number of hydrogen-bond donors (Lipinski definition) is 1. The minimum absolute atomic E-state index is 0.0761. The van der Waals surface area contributed by atoms with Crippen LogP contribution in [0, 0.1) is 0 Å². The Morgan fingerprint density at radius 1 is 1.10 bits per heavy atom. The molecule has 20 heavy (non-hydrogen) atoms. The molecule has 7 heteroatoms. The maximum absolute atomic E-state index is 12.3. The number of rotatable bonds is 8. The maximum Gasteiger partial charge on any atom is 0.242 e. The lowest BCUT2D eigenvalue weighted by atomic mass is 10.3. The van der Waals surface area contributed by atoms with Crippen LogP contribution >= 0.6 is 0 Å². The molecule has 0 aliphatic carbocycles. The normalized spacial score (nSPS) is 12.1. The number of aliphatic hydroxyl groups is 1. The molecular formula is C13H22N2O4S. The van der Waals surface area contributed by atoms with Crippen molar-refractivity contribution in [2.75, 3.05) is 47.4 Å². The molecule has 0 aliphatic heterocycles. The van der Waals surface area contributed by atoms with Crippen molar-refractivity contribution >= 4 is 10.0 Å². The molecule has 0 aliphatic rings. The largest absolute Gasteiger partial charge is 0.491 e. The fourth-order valence-electron chi connectivity index (χ4n) is 1.51. The number of likely N-dealkylation sites (N-methyl/N-ethyl adjacent to an activating group) is 2. The topological polar surface area (TPSA) is 70.1 Å². The highest BCUT2D eigenvalue weighted by molar-refractivity contribution is 7.89. The average Bonchev–Trinajstić information content (AvgIpc) is 2.42. The van der Waals surface area contributed by atoms with Gasteiger partial charge in [-0.25, -0.2) is 8.42 Å². The molecule has 0 heterocycles. The highest BCUT2D eigenvalue weighted by atomic mass is 32.2. The number of nitrogens with zero attached hydrogens (tertiary/aromatic N) is 2. The zero-order chi connectivity index (χ0) is 15.2. The van der Waals surface area contributed by atoms with Gasteiger partial charge in [0.15, 0.2) is 0 Å². The summed E-state index contributed by atoms with van der Waals surface area (Å²) in [5, 5.41) is 8.66. The molecule has 0 amide bonds. The van der Waals surface area contributed by atoms with Gasteiger partial charge in [0.05, 0.1) is 11.5 Å². The zero-order valence-corrected chi connectivity index (χ0v) is 12.9. The number of sulfonamides is 1. The van der Waals surface area contributed by atoms with Gasteiger partial charge in [-0.15, -0.1) is 0 Å². The van der Waals surface area contributed by atoms with Gasteiger partial charge in [-0.3, -0.25) is 0 Å². The average molecular weight is 302 g/mol. The van der Waals surface area contributed by atoms with Crippen LogP contribution in [0.3, 0.4) is 0 Å². The Hall–Kier alpha value is -1.15. The first kappa shape index (κ1) is 16.9. The van der Waals surface area contributed by atoms with E-state index in [0.717, 1.165) is 0 Å². The van der Waals surface area contributed by atoms with E-state index in [-0.39, 0.29) is 18.1 Å². The quantitative estimate of drug-likeness (QED) is 0.745. The van der Waals surface area contributed by atoms with Gasteiger partial charge in [-0.2, -0.15) is 4.31 Å². The molecule has 0 radical (unpaired) electrons. The summed E-state index contributed by atoms with van der Waals surface area (Å²) in [6, 6.07) is 6.19. The molecule has 1 aromatic rings. The molecule has 0 spiro atoms. The van der Waals surface area contributed by atoms with Gasteiger partial charge in [-0.05, 0) is 38.4 Å². The number of hydrogen-bond acceptors (Lipinski definition) is 5. The van der Waals surface area contributed by atoms with E-state index < -0.39 is 10.0 Å². The van der Waals surface area contributed by atoms with E-state index >= 15 is 0 Å². The van der Waals surface area contributed by atoms with Crippen LogP contribution in [-0.4, -0.2) is 70.2 Å². The van der Waals surface area contributed by atoms with Crippen molar-refractivity contribution in [1.82, 2.24) is 9.21 Å². The third-order valence-electron chi connectivity index (χ3n) is 2.75. The summed E-state index contributed by atoms with van der Waals surface area (Å²) in [7, 11) is 1.89. The first-order valence-electron chi connectivity index (χ1n) is 6.32. The summed E-state index contributed by atoms with van der Waals surface area (Å²) in [6.07, 6.45) is 0. The van der Waals surface area contributed by atoms with Gasteiger partial charge in [0.1, 0.15) is 12.4 Å². The smallest absolute Gasteiger partial charge is 0.242 e. The van der Waals surface area contributed by atoms with Crippen molar-refractivity contribution in [2.45, 2.75) is 4.90 Å². The molecule has 1 aromatic carbocycles. The van der Waals surface area contributed by atoms with Gasteiger partial charge in [-0.1, -0.05) is 0 Å². The Morgan fingerprint density at radius 2 is 1.70 bits per heavy atom. The molecule has 0 saturated heterocycles. The van der Waals surface area contributed by atoms with E-state index in [2.05, 4.69) is 0 Å². The van der Waals surface area contributed by atoms with Crippen molar-refractivity contribution in [1.29, 1.82) is 0 Å². The summed E-state index contributed by atoms with van der Waals surface area (Å²) >= 11 is 0. The van der Waals surface area contributed by atoms with Crippen molar-refractivity contribution < 1.29 is 18.3 Å². The summed E-state index contributed by atoms with van der Waals surface area (Å²) in [5.74, 6) is 0.536. The lowest BCUT2D eigenvalue weighted by Crippen LogP contribution is -2.33. The van der Waals surface area contributed by atoms with E-state index in [4.69, 9.17) is 9.84 Å². The van der Waals surface area contributed by atoms with Crippen LogP contribution in [0.4, 0.5) is 0 Å². The lowest BCUT2D eigenvalue weighted by Gasteiger charge is -2.19. The Balaban J connectivity index is 2.76. The van der Waals surface area contributed by atoms with Gasteiger partial charge >= 0.3 is 0 Å². The minimum atomic E-state index is -3.47. The highest BCUT2D eigenvalue weighted by Crippen LogP contribution is 2.18. The molecule has 114 valence electrons. The van der Waals surface area contributed by atoms with Crippen LogP contribution in [0.15, 0.2) is 29.2 Å². The highest BCUT2D eigenvalue weighted by Gasteiger charge is 2.20. The zero-order valence-electron chi connectivity index (χ0n) is 12.1. The second kappa shape index (κ2) is 7.58. The first-order chi connectivity index (χ1) is 9.37. The Morgan fingerprint density at radius 3 is 2.20 bits per heavy atom. The molecule has 0 saturated carbocycles. The van der Waals surface area contributed by atoms with Crippen molar-refractivity contribution in [3.63, 3.8) is 0 Å². The molecule has 0 aromatic heterocycles. The predicted molar refractivity (Wildman–Crippen MR) is 77.4 cm³/mol. The van der Waals surface area contributed by atoms with Crippen LogP contribution in [0.25, 0.3) is 0 Å². The minimum Gasteiger partial charge on any atom is -0.491 e. The third-order valence-corrected chi connectivity index (χ3v) is 4.63. The van der Waals surface area contributed by atoms with Crippen molar-refractivity contribution in [3.05, 3.63) is 24.3 Å². The molecule has 1 rings (SSSR count). The van der Waals surface area contributed by atoms with Crippen LogP contribution in [-0.2, 0) is 10.0 Å². The fraction of sp³-hybridized carbons (Fsp3) is 0.538. The third kappa shape index (κ3) is 4.75. The summed E-state index contributed by atoms with van der Waals surface area (Å²) in [5.41, 5.74) is 0. The molecule has 1 N–H and O–H groups in total. The molecule has 0 bridgehead atoms. The van der Waals surface area contributed by atoms with Gasteiger partial charge < -0.3 is 14.7 Å². The molecule has 0 atom stereocenters. The number of aliphatic hydroxyl groups excluding tert-OH is 1. The number of benzene rings is 1. The first-order valence-corrected chi connectivity index (χ1v) is 7.76. The maximum atomic E-state index is 12.3. The van der Waals surface area contributed by atoms with E-state index in [9.17, 15) is 8.42 Å². The Kier molecular flexibility index (Phi) is 6.41. The second-order valence-electron chi connectivity index (χ2n) is 4.67. The molecular weight excluding hydrogens is 280 g/mol.